The molecule has 0 aliphatic carbocycles. The lowest BCUT2D eigenvalue weighted by molar-refractivity contribution is -0.139. The van der Waals surface area contributed by atoms with Crippen LogP contribution >= 0.6 is 0 Å². The van der Waals surface area contributed by atoms with Gasteiger partial charge in [-0.05, 0) is 11.1 Å². The quantitative estimate of drug-likeness (QED) is 0.845. The van der Waals surface area contributed by atoms with Crippen LogP contribution in [0.2, 0.25) is 0 Å². The lowest BCUT2D eigenvalue weighted by Crippen LogP contribution is -2.40. The molecule has 0 saturated carbocycles. The van der Waals surface area contributed by atoms with Crippen molar-refractivity contribution in [2.75, 3.05) is 13.2 Å². The predicted octanol–water partition coefficient (Wildman–Crippen LogP) is 1.99. The highest BCUT2D eigenvalue weighted by molar-refractivity contribution is 5.79. The van der Waals surface area contributed by atoms with Gasteiger partial charge in [0.2, 0.25) is 0 Å². The van der Waals surface area contributed by atoms with Gasteiger partial charge in [-0.2, -0.15) is 0 Å². The van der Waals surface area contributed by atoms with E-state index in [2.05, 4.69) is 6.58 Å². The number of carboxylic acids is 1. The summed E-state index contributed by atoms with van der Waals surface area (Å²) in [7, 11) is 0. The third-order valence-electron chi connectivity index (χ3n) is 3.08. The molecule has 1 aliphatic rings. The standard InChI is InChI=1S/C14H15NO4/c1-2-7-19-14(18)15-8-10-5-3-4-6-11(10)12(9-15)13(16)17/h2-6,12H,1,7-9H2,(H,16,17). The Labute approximate surface area is 111 Å². The van der Waals surface area contributed by atoms with Crippen molar-refractivity contribution in [1.82, 2.24) is 4.90 Å². The number of hydrogen-bond acceptors (Lipinski definition) is 3. The fourth-order valence-electron chi connectivity index (χ4n) is 2.18. The molecule has 1 heterocycles. The Morgan fingerprint density at radius 1 is 1.47 bits per heavy atom. The van der Waals surface area contributed by atoms with E-state index in [1.165, 1.54) is 11.0 Å². The third-order valence-corrected chi connectivity index (χ3v) is 3.08. The fourth-order valence-corrected chi connectivity index (χ4v) is 2.18. The van der Waals surface area contributed by atoms with Crippen LogP contribution in [-0.4, -0.2) is 35.2 Å². The minimum absolute atomic E-state index is 0.120. The van der Waals surface area contributed by atoms with Gasteiger partial charge in [0, 0.05) is 13.1 Å². The summed E-state index contributed by atoms with van der Waals surface area (Å²) in [5.41, 5.74) is 1.61. The second-order valence-electron chi connectivity index (χ2n) is 4.34. The van der Waals surface area contributed by atoms with Crippen LogP contribution in [0.1, 0.15) is 17.0 Å². The summed E-state index contributed by atoms with van der Waals surface area (Å²) in [4.78, 5) is 24.5. The fraction of sp³-hybridized carbons (Fsp3) is 0.286. The van der Waals surface area contributed by atoms with Crippen LogP contribution in [0.4, 0.5) is 4.79 Å². The highest BCUT2D eigenvalue weighted by atomic mass is 16.6. The zero-order chi connectivity index (χ0) is 13.8. The van der Waals surface area contributed by atoms with Gasteiger partial charge >= 0.3 is 12.1 Å². The topological polar surface area (TPSA) is 66.8 Å². The molecular weight excluding hydrogens is 246 g/mol. The number of aliphatic carboxylic acids is 1. The number of carbonyl (C=O) groups excluding carboxylic acids is 1. The first-order chi connectivity index (χ1) is 9.13. The maximum atomic E-state index is 11.8. The van der Waals surface area contributed by atoms with Crippen molar-refractivity contribution in [3.8, 4) is 0 Å². The molecule has 0 aromatic heterocycles. The van der Waals surface area contributed by atoms with E-state index in [1.54, 1.807) is 12.1 Å². The molecule has 1 aliphatic heterocycles. The van der Waals surface area contributed by atoms with Gasteiger partial charge in [-0.15, -0.1) is 0 Å². The number of hydrogen-bond donors (Lipinski definition) is 1. The van der Waals surface area contributed by atoms with Crippen LogP contribution in [0.3, 0.4) is 0 Å². The largest absolute Gasteiger partial charge is 0.481 e. The Morgan fingerprint density at radius 2 is 2.21 bits per heavy atom. The molecule has 19 heavy (non-hydrogen) atoms. The number of carbonyl (C=O) groups is 2. The van der Waals surface area contributed by atoms with Crippen LogP contribution in [0, 0.1) is 0 Å². The Balaban J connectivity index is 2.22. The molecule has 0 saturated heterocycles. The smallest absolute Gasteiger partial charge is 0.410 e. The van der Waals surface area contributed by atoms with Gasteiger partial charge in [0.1, 0.15) is 6.61 Å². The van der Waals surface area contributed by atoms with Crippen molar-refractivity contribution in [3.05, 3.63) is 48.0 Å². The van der Waals surface area contributed by atoms with Gasteiger partial charge in [-0.1, -0.05) is 36.9 Å². The van der Waals surface area contributed by atoms with Crippen molar-refractivity contribution < 1.29 is 19.4 Å². The molecule has 1 aromatic rings. The second-order valence-corrected chi connectivity index (χ2v) is 4.34. The Morgan fingerprint density at radius 3 is 2.89 bits per heavy atom. The van der Waals surface area contributed by atoms with Crippen LogP contribution in [0.25, 0.3) is 0 Å². The molecule has 1 N–H and O–H groups in total. The van der Waals surface area contributed by atoms with Crippen LogP contribution < -0.4 is 0 Å². The molecule has 0 radical (unpaired) electrons. The van der Waals surface area contributed by atoms with Gasteiger partial charge < -0.3 is 14.7 Å². The number of amides is 1. The van der Waals surface area contributed by atoms with Gasteiger partial charge in [0.25, 0.3) is 0 Å². The molecule has 1 amide bonds. The number of ether oxygens (including phenoxy) is 1. The van der Waals surface area contributed by atoms with Crippen molar-refractivity contribution >= 4 is 12.1 Å². The molecular formula is C14H15NO4. The molecule has 0 bridgehead atoms. The summed E-state index contributed by atoms with van der Waals surface area (Å²) in [5, 5.41) is 9.27. The summed E-state index contributed by atoms with van der Waals surface area (Å²) in [6.45, 7) is 4.09. The van der Waals surface area contributed by atoms with Gasteiger partial charge in [0.15, 0.2) is 0 Å². The SMILES string of the molecule is C=CCOC(=O)N1Cc2ccccc2C(C(=O)O)C1. The second kappa shape index (κ2) is 5.56. The van der Waals surface area contributed by atoms with E-state index in [0.29, 0.717) is 6.54 Å². The normalized spacial score (nSPS) is 17.5. The zero-order valence-electron chi connectivity index (χ0n) is 10.4. The molecule has 100 valence electrons. The lowest BCUT2D eigenvalue weighted by atomic mass is 9.90. The zero-order valence-corrected chi connectivity index (χ0v) is 10.4. The highest BCUT2D eigenvalue weighted by Crippen LogP contribution is 2.28. The first kappa shape index (κ1) is 13.1. The number of rotatable bonds is 3. The average Bonchev–Trinajstić information content (AvgIpc) is 2.43. The maximum absolute atomic E-state index is 11.8. The number of carboxylic acid groups (broad SMARTS) is 1. The molecule has 2 rings (SSSR count). The number of nitrogens with zero attached hydrogens (tertiary/aromatic N) is 1. The third kappa shape index (κ3) is 2.76. The summed E-state index contributed by atoms with van der Waals surface area (Å²) in [6, 6.07) is 7.26. The summed E-state index contributed by atoms with van der Waals surface area (Å²) in [6.07, 6.45) is 0.963. The molecule has 1 atom stereocenters. The van der Waals surface area contributed by atoms with Gasteiger partial charge in [0.05, 0.1) is 5.92 Å². The van der Waals surface area contributed by atoms with Crippen molar-refractivity contribution in [2.45, 2.75) is 12.5 Å². The minimum atomic E-state index is -0.936. The Bertz CT molecular complexity index is 512. The first-order valence-electron chi connectivity index (χ1n) is 5.96. The first-order valence-corrected chi connectivity index (χ1v) is 5.96. The Kier molecular flexibility index (Phi) is 3.85. The molecule has 1 unspecified atom stereocenters. The predicted molar refractivity (Wildman–Crippen MR) is 68.8 cm³/mol. The molecule has 5 heteroatoms. The molecule has 1 aromatic carbocycles. The van der Waals surface area contributed by atoms with E-state index in [1.807, 2.05) is 12.1 Å². The highest BCUT2D eigenvalue weighted by Gasteiger charge is 2.32. The maximum Gasteiger partial charge on any atom is 0.410 e. The van der Waals surface area contributed by atoms with Gasteiger partial charge in [-0.3, -0.25) is 4.79 Å². The van der Waals surface area contributed by atoms with Crippen LogP contribution in [-0.2, 0) is 16.1 Å². The van der Waals surface area contributed by atoms with E-state index in [9.17, 15) is 14.7 Å². The molecule has 5 nitrogen and oxygen atoms in total. The van der Waals surface area contributed by atoms with Crippen molar-refractivity contribution in [1.29, 1.82) is 0 Å². The van der Waals surface area contributed by atoms with E-state index in [0.717, 1.165) is 11.1 Å². The van der Waals surface area contributed by atoms with Crippen molar-refractivity contribution in [3.63, 3.8) is 0 Å². The monoisotopic (exact) mass is 261 g/mol. The van der Waals surface area contributed by atoms with Crippen molar-refractivity contribution in [2.24, 2.45) is 0 Å². The number of benzene rings is 1. The number of fused-ring (bicyclic) bond motifs is 1. The molecule has 0 spiro atoms. The van der Waals surface area contributed by atoms with E-state index >= 15 is 0 Å². The Hall–Kier alpha value is -2.30. The molecule has 0 fully saturated rings. The summed E-state index contributed by atoms with van der Waals surface area (Å²) in [5.74, 6) is -1.64. The van der Waals surface area contributed by atoms with E-state index < -0.39 is 18.0 Å². The average molecular weight is 261 g/mol. The van der Waals surface area contributed by atoms with Crippen LogP contribution in [0.15, 0.2) is 36.9 Å². The van der Waals surface area contributed by atoms with Crippen LogP contribution in [0.5, 0.6) is 0 Å². The minimum Gasteiger partial charge on any atom is -0.481 e. The van der Waals surface area contributed by atoms with E-state index in [-0.39, 0.29) is 13.2 Å². The van der Waals surface area contributed by atoms with E-state index in [4.69, 9.17) is 4.74 Å². The summed E-state index contributed by atoms with van der Waals surface area (Å²) >= 11 is 0. The van der Waals surface area contributed by atoms with Gasteiger partial charge in [-0.25, -0.2) is 4.79 Å². The lowest BCUT2D eigenvalue weighted by Gasteiger charge is -2.31. The summed E-state index contributed by atoms with van der Waals surface area (Å²) < 4.78 is 4.95.